The van der Waals surface area contributed by atoms with Crippen LogP contribution in [0.1, 0.15) is 62.6 Å². The van der Waals surface area contributed by atoms with Gasteiger partial charge in [-0.3, -0.25) is 5.32 Å². The van der Waals surface area contributed by atoms with Gasteiger partial charge in [0.15, 0.2) is 0 Å². The van der Waals surface area contributed by atoms with Crippen molar-refractivity contribution in [1.82, 2.24) is 20.8 Å². The lowest BCUT2D eigenvalue weighted by Crippen LogP contribution is -2.34. The second kappa shape index (κ2) is 8.74. The van der Waals surface area contributed by atoms with Crippen molar-refractivity contribution in [1.29, 1.82) is 0 Å². The molecule has 0 radical (unpaired) electrons. The summed E-state index contributed by atoms with van der Waals surface area (Å²) < 4.78 is 11.4. The molecule has 0 bridgehead atoms. The molecule has 8 heteroatoms. The molecular formula is C26H30N4O3S. The van der Waals surface area contributed by atoms with Crippen molar-refractivity contribution >= 4 is 17.9 Å². The molecule has 0 spiro atoms. The van der Waals surface area contributed by atoms with Crippen LogP contribution in [-0.2, 0) is 11.2 Å². The van der Waals surface area contributed by atoms with Gasteiger partial charge in [-0.25, -0.2) is 4.79 Å². The average molecular weight is 479 g/mol. The summed E-state index contributed by atoms with van der Waals surface area (Å²) in [6, 6.07) is 16.6. The van der Waals surface area contributed by atoms with Crippen molar-refractivity contribution in [2.45, 2.75) is 55.7 Å². The highest BCUT2D eigenvalue weighted by Gasteiger charge is 2.48. The van der Waals surface area contributed by atoms with E-state index in [-0.39, 0.29) is 21.6 Å². The zero-order valence-corrected chi connectivity index (χ0v) is 20.7. The summed E-state index contributed by atoms with van der Waals surface area (Å²) in [7, 11) is 0. The molecule has 5 rings (SSSR count). The minimum atomic E-state index is -0.446. The summed E-state index contributed by atoms with van der Waals surface area (Å²) in [4.78, 5) is 12.3. The number of hydrogen-bond acceptors (Lipinski definition) is 7. The van der Waals surface area contributed by atoms with Gasteiger partial charge in [0, 0.05) is 23.6 Å². The van der Waals surface area contributed by atoms with E-state index in [1.54, 1.807) is 0 Å². The molecule has 2 heterocycles. The van der Waals surface area contributed by atoms with Gasteiger partial charge in [-0.1, -0.05) is 48.5 Å². The van der Waals surface area contributed by atoms with Gasteiger partial charge in [0.05, 0.1) is 4.87 Å². The van der Waals surface area contributed by atoms with Crippen molar-refractivity contribution in [3.05, 3.63) is 71.4 Å². The van der Waals surface area contributed by atoms with E-state index in [0.29, 0.717) is 31.4 Å². The summed E-state index contributed by atoms with van der Waals surface area (Å²) in [6.07, 6.45) is -0.000661. The first-order chi connectivity index (χ1) is 16.2. The molecular weight excluding hydrogens is 448 g/mol. The minimum absolute atomic E-state index is 0.0242. The third-order valence-electron chi connectivity index (χ3n) is 6.39. The first-order valence-electron chi connectivity index (χ1n) is 11.6. The van der Waals surface area contributed by atoms with Crippen LogP contribution in [0.4, 0.5) is 4.79 Å². The van der Waals surface area contributed by atoms with Crippen LogP contribution < -0.4 is 10.6 Å². The predicted octanol–water partition coefficient (Wildman–Crippen LogP) is 5.04. The van der Waals surface area contributed by atoms with Crippen LogP contribution in [0.15, 0.2) is 52.9 Å². The monoisotopic (exact) mass is 478 g/mol. The molecule has 1 unspecified atom stereocenters. The Morgan fingerprint density at radius 3 is 2.32 bits per heavy atom. The molecule has 3 aromatic rings. The Balaban J connectivity index is 1.14. The van der Waals surface area contributed by atoms with Gasteiger partial charge < -0.3 is 14.5 Å². The fourth-order valence-corrected chi connectivity index (χ4v) is 6.80. The van der Waals surface area contributed by atoms with Crippen LogP contribution in [0.3, 0.4) is 0 Å². The standard InChI is InChI=1S/C26H30N4O3S/c1-25(2)22(28-26(3,4)34-25)23-30-29-21(33-23)13-14-27-24(31)32-15-20-18-11-7-5-9-16(18)17-10-6-8-12-19(17)20/h5-12,20,22,28H,13-15H2,1-4H3,(H,27,31). The van der Waals surface area contributed by atoms with Gasteiger partial charge in [0.2, 0.25) is 11.8 Å². The predicted molar refractivity (Wildman–Crippen MR) is 133 cm³/mol. The first-order valence-corrected chi connectivity index (χ1v) is 12.4. The largest absolute Gasteiger partial charge is 0.449 e. The van der Waals surface area contributed by atoms with E-state index in [2.05, 4.69) is 72.8 Å². The van der Waals surface area contributed by atoms with E-state index in [0.717, 1.165) is 0 Å². The van der Waals surface area contributed by atoms with Gasteiger partial charge in [-0.15, -0.1) is 22.0 Å². The Bertz CT molecular complexity index is 1160. The molecule has 2 aliphatic rings. The number of thioether (sulfide) groups is 1. The van der Waals surface area contributed by atoms with Gasteiger partial charge in [-0.2, -0.15) is 0 Å². The molecule has 1 aliphatic carbocycles. The zero-order chi connectivity index (χ0) is 23.9. The number of nitrogens with one attached hydrogen (secondary N) is 2. The number of hydrogen-bond donors (Lipinski definition) is 2. The molecule has 2 N–H and O–H groups in total. The van der Waals surface area contributed by atoms with Gasteiger partial charge in [0.1, 0.15) is 12.6 Å². The molecule has 1 atom stereocenters. The van der Waals surface area contributed by atoms with Crippen LogP contribution in [-0.4, -0.2) is 39.1 Å². The van der Waals surface area contributed by atoms with Crippen LogP contribution in [0.2, 0.25) is 0 Å². The summed E-state index contributed by atoms with van der Waals surface area (Å²) in [5.41, 5.74) is 4.81. The summed E-state index contributed by atoms with van der Waals surface area (Å²) in [5.74, 6) is 1.13. The summed E-state index contributed by atoms with van der Waals surface area (Å²) >= 11 is 1.85. The highest BCUT2D eigenvalue weighted by molar-refractivity contribution is 8.02. The zero-order valence-electron chi connectivity index (χ0n) is 19.9. The Morgan fingerprint density at radius 2 is 1.71 bits per heavy atom. The van der Waals surface area contributed by atoms with Crippen LogP contribution in [0.25, 0.3) is 11.1 Å². The van der Waals surface area contributed by atoms with E-state index in [4.69, 9.17) is 9.15 Å². The third kappa shape index (κ3) is 4.44. The van der Waals surface area contributed by atoms with Crippen molar-refractivity contribution in [3.63, 3.8) is 0 Å². The number of carbonyl (C=O) groups is 1. The SMILES string of the molecule is CC1(C)NC(c2nnc(CCNC(=O)OCC3c4ccccc4-c4ccccc43)o2)C(C)(C)S1. The lowest BCUT2D eigenvalue weighted by Gasteiger charge is -2.22. The van der Waals surface area contributed by atoms with Crippen LogP contribution in [0, 0.1) is 0 Å². The van der Waals surface area contributed by atoms with Crippen molar-refractivity contribution < 1.29 is 13.9 Å². The van der Waals surface area contributed by atoms with E-state index >= 15 is 0 Å². The minimum Gasteiger partial charge on any atom is -0.449 e. The van der Waals surface area contributed by atoms with Gasteiger partial charge in [0.25, 0.3) is 0 Å². The van der Waals surface area contributed by atoms with Crippen molar-refractivity contribution in [3.8, 4) is 11.1 Å². The lowest BCUT2D eigenvalue weighted by atomic mass is 9.98. The second-order valence-corrected chi connectivity index (χ2v) is 12.1. The van der Waals surface area contributed by atoms with Crippen molar-refractivity contribution in [2.75, 3.05) is 13.2 Å². The van der Waals surface area contributed by atoms with Crippen LogP contribution >= 0.6 is 11.8 Å². The number of fused-ring (bicyclic) bond motifs is 3. The number of ether oxygens (including phenoxy) is 1. The van der Waals surface area contributed by atoms with E-state index in [9.17, 15) is 4.79 Å². The molecule has 1 fully saturated rings. The van der Waals surface area contributed by atoms with Crippen LogP contribution in [0.5, 0.6) is 0 Å². The maximum atomic E-state index is 12.4. The first kappa shape index (κ1) is 22.9. The van der Waals surface area contributed by atoms with E-state index < -0.39 is 6.09 Å². The topological polar surface area (TPSA) is 89.3 Å². The number of alkyl carbamates (subject to hydrolysis) is 1. The van der Waals surface area contributed by atoms with Gasteiger partial charge in [-0.05, 0) is 49.9 Å². The number of benzene rings is 2. The highest BCUT2D eigenvalue weighted by atomic mass is 32.2. The third-order valence-corrected chi connectivity index (χ3v) is 7.78. The number of nitrogens with zero attached hydrogens (tertiary/aromatic N) is 2. The number of aromatic nitrogens is 2. The Morgan fingerprint density at radius 1 is 1.06 bits per heavy atom. The quantitative estimate of drug-likeness (QED) is 0.513. The fraction of sp³-hybridized carbons (Fsp3) is 0.423. The molecule has 0 saturated carbocycles. The summed E-state index contributed by atoms with van der Waals surface area (Å²) in [5, 5.41) is 14.8. The average Bonchev–Trinajstić information content (AvgIpc) is 3.44. The molecule has 1 amide bonds. The summed E-state index contributed by atoms with van der Waals surface area (Å²) in [6.45, 7) is 9.30. The number of rotatable bonds is 6. The lowest BCUT2D eigenvalue weighted by molar-refractivity contribution is 0.143. The maximum absolute atomic E-state index is 12.4. The molecule has 178 valence electrons. The maximum Gasteiger partial charge on any atom is 0.407 e. The molecule has 1 aliphatic heterocycles. The highest BCUT2D eigenvalue weighted by Crippen LogP contribution is 2.50. The molecule has 34 heavy (non-hydrogen) atoms. The van der Waals surface area contributed by atoms with E-state index in [1.165, 1.54) is 22.3 Å². The normalized spacial score (nSPS) is 20.1. The van der Waals surface area contributed by atoms with E-state index in [1.807, 2.05) is 36.0 Å². The number of amides is 1. The fourth-order valence-electron chi connectivity index (χ4n) is 5.03. The molecule has 1 saturated heterocycles. The molecule has 1 aromatic heterocycles. The Hall–Kier alpha value is -2.84. The smallest absolute Gasteiger partial charge is 0.407 e. The second-order valence-electron chi connectivity index (χ2n) is 9.83. The molecule has 7 nitrogen and oxygen atoms in total. The number of carbonyl (C=O) groups excluding carboxylic acids is 1. The Labute approximate surface area is 204 Å². The Kier molecular flexibility index (Phi) is 5.90. The molecule has 2 aromatic carbocycles. The van der Waals surface area contributed by atoms with Gasteiger partial charge >= 0.3 is 6.09 Å². The van der Waals surface area contributed by atoms with Crippen molar-refractivity contribution in [2.24, 2.45) is 0 Å².